The SMILES string of the molecule is CCCO[C@H]1c2cccnc2-c2ncccc2[C@@H]1O. The van der Waals surface area contributed by atoms with E-state index in [1.54, 1.807) is 12.4 Å². The maximum absolute atomic E-state index is 10.5. The average Bonchev–Trinajstić information content (AvgIpc) is 2.47. The molecule has 2 heterocycles. The average molecular weight is 256 g/mol. The highest BCUT2D eigenvalue weighted by molar-refractivity contribution is 5.66. The maximum Gasteiger partial charge on any atom is 0.115 e. The summed E-state index contributed by atoms with van der Waals surface area (Å²) in [6.45, 7) is 2.67. The van der Waals surface area contributed by atoms with Crippen LogP contribution < -0.4 is 0 Å². The molecule has 2 atom stereocenters. The minimum absolute atomic E-state index is 0.361. The lowest BCUT2D eigenvalue weighted by atomic mass is 9.88. The van der Waals surface area contributed by atoms with E-state index in [-0.39, 0.29) is 6.10 Å². The fourth-order valence-electron chi connectivity index (χ4n) is 2.46. The number of hydrogen-bond acceptors (Lipinski definition) is 4. The smallest absolute Gasteiger partial charge is 0.115 e. The van der Waals surface area contributed by atoms with Crippen molar-refractivity contribution in [1.29, 1.82) is 0 Å². The van der Waals surface area contributed by atoms with Gasteiger partial charge in [0.25, 0.3) is 0 Å². The molecule has 0 fully saturated rings. The van der Waals surface area contributed by atoms with Crippen molar-refractivity contribution in [2.45, 2.75) is 25.6 Å². The van der Waals surface area contributed by atoms with Crippen LogP contribution in [0.5, 0.6) is 0 Å². The molecule has 0 radical (unpaired) electrons. The Hall–Kier alpha value is -1.78. The number of fused-ring (bicyclic) bond motifs is 3. The third-order valence-electron chi connectivity index (χ3n) is 3.32. The number of rotatable bonds is 3. The van der Waals surface area contributed by atoms with E-state index in [0.717, 1.165) is 28.9 Å². The van der Waals surface area contributed by atoms with E-state index in [9.17, 15) is 5.11 Å². The van der Waals surface area contributed by atoms with Crippen LogP contribution in [-0.4, -0.2) is 21.7 Å². The highest BCUT2D eigenvalue weighted by Crippen LogP contribution is 2.43. The van der Waals surface area contributed by atoms with Crippen LogP contribution in [0.3, 0.4) is 0 Å². The standard InChI is InChI=1S/C15H16N2O2/c1-2-9-19-15-11-6-4-8-17-13(11)12-10(14(15)18)5-3-7-16-12/h3-8,14-15,18H,2,9H2,1H3/t14-,15-/m0/s1. The number of aliphatic hydroxyl groups is 1. The molecule has 0 saturated carbocycles. The second-order valence-electron chi connectivity index (χ2n) is 4.62. The van der Waals surface area contributed by atoms with Crippen molar-refractivity contribution in [3.63, 3.8) is 0 Å². The Balaban J connectivity index is 2.12. The largest absolute Gasteiger partial charge is 0.385 e. The third kappa shape index (κ3) is 2.03. The zero-order valence-electron chi connectivity index (χ0n) is 10.8. The third-order valence-corrected chi connectivity index (χ3v) is 3.32. The van der Waals surface area contributed by atoms with E-state index in [1.807, 2.05) is 24.3 Å². The first kappa shape index (κ1) is 12.3. The summed E-state index contributed by atoms with van der Waals surface area (Å²) in [6.07, 6.45) is 3.33. The van der Waals surface area contributed by atoms with Gasteiger partial charge in [0.05, 0.1) is 11.4 Å². The Morgan fingerprint density at radius 2 is 1.74 bits per heavy atom. The lowest BCUT2D eigenvalue weighted by molar-refractivity contribution is -0.0424. The molecule has 1 aliphatic carbocycles. The topological polar surface area (TPSA) is 55.2 Å². The highest BCUT2D eigenvalue weighted by atomic mass is 16.5. The number of aromatic nitrogens is 2. The molecular formula is C15H16N2O2. The van der Waals surface area contributed by atoms with Crippen LogP contribution in [0.1, 0.15) is 36.7 Å². The summed E-state index contributed by atoms with van der Waals surface area (Å²) in [6, 6.07) is 7.52. The van der Waals surface area contributed by atoms with Crippen LogP contribution >= 0.6 is 0 Å². The molecule has 1 N–H and O–H groups in total. The fourth-order valence-corrected chi connectivity index (χ4v) is 2.46. The van der Waals surface area contributed by atoms with E-state index in [4.69, 9.17) is 4.74 Å². The van der Waals surface area contributed by atoms with Gasteiger partial charge in [-0.05, 0) is 18.6 Å². The molecule has 19 heavy (non-hydrogen) atoms. The molecule has 3 rings (SSSR count). The maximum atomic E-state index is 10.5. The lowest BCUT2D eigenvalue weighted by Crippen LogP contribution is -2.21. The van der Waals surface area contributed by atoms with Crippen molar-refractivity contribution in [3.05, 3.63) is 47.8 Å². The van der Waals surface area contributed by atoms with Crippen molar-refractivity contribution >= 4 is 0 Å². The minimum atomic E-state index is -0.688. The zero-order chi connectivity index (χ0) is 13.2. The first-order valence-electron chi connectivity index (χ1n) is 6.52. The van der Waals surface area contributed by atoms with Gasteiger partial charge in [-0.1, -0.05) is 19.1 Å². The molecule has 2 aromatic rings. The van der Waals surface area contributed by atoms with Crippen molar-refractivity contribution < 1.29 is 9.84 Å². The molecule has 0 unspecified atom stereocenters. The summed E-state index contributed by atoms with van der Waals surface area (Å²) >= 11 is 0. The fraction of sp³-hybridized carbons (Fsp3) is 0.333. The van der Waals surface area contributed by atoms with Gasteiger partial charge in [-0.15, -0.1) is 0 Å². The molecule has 0 aliphatic heterocycles. The van der Waals surface area contributed by atoms with Crippen LogP contribution in [0.25, 0.3) is 11.4 Å². The molecule has 2 aromatic heterocycles. The van der Waals surface area contributed by atoms with Crippen LogP contribution in [-0.2, 0) is 4.74 Å². The summed E-state index contributed by atoms with van der Waals surface area (Å²) in [5.74, 6) is 0. The number of hydrogen-bond donors (Lipinski definition) is 1. The second kappa shape index (κ2) is 5.07. The molecule has 0 bridgehead atoms. The van der Waals surface area contributed by atoms with E-state index in [1.165, 1.54) is 0 Å². The van der Waals surface area contributed by atoms with Gasteiger partial charge in [0.1, 0.15) is 12.2 Å². The quantitative estimate of drug-likeness (QED) is 0.917. The highest BCUT2D eigenvalue weighted by Gasteiger charge is 2.34. The molecule has 1 aliphatic rings. The molecule has 0 spiro atoms. The second-order valence-corrected chi connectivity index (χ2v) is 4.62. The summed E-state index contributed by atoms with van der Waals surface area (Å²) in [4.78, 5) is 8.75. The summed E-state index contributed by atoms with van der Waals surface area (Å²) in [5, 5.41) is 10.5. The Labute approximate surface area is 112 Å². The van der Waals surface area contributed by atoms with E-state index >= 15 is 0 Å². The van der Waals surface area contributed by atoms with Crippen molar-refractivity contribution in [3.8, 4) is 11.4 Å². The summed E-state index contributed by atoms with van der Waals surface area (Å²) in [5.41, 5.74) is 3.26. The van der Waals surface area contributed by atoms with E-state index in [2.05, 4.69) is 16.9 Å². The molecule has 0 aromatic carbocycles. The van der Waals surface area contributed by atoms with Crippen molar-refractivity contribution in [2.75, 3.05) is 6.61 Å². The Bertz CT molecular complexity index is 586. The van der Waals surface area contributed by atoms with Gasteiger partial charge in [0.2, 0.25) is 0 Å². The van der Waals surface area contributed by atoms with Crippen molar-refractivity contribution in [2.24, 2.45) is 0 Å². The number of ether oxygens (including phenoxy) is 1. The van der Waals surface area contributed by atoms with Gasteiger partial charge in [-0.25, -0.2) is 0 Å². The predicted octanol–water partition coefficient (Wildman–Crippen LogP) is 2.66. The molecule has 0 saturated heterocycles. The van der Waals surface area contributed by atoms with Crippen LogP contribution in [0.15, 0.2) is 36.7 Å². The Kier molecular flexibility index (Phi) is 3.27. The van der Waals surface area contributed by atoms with Crippen LogP contribution in [0, 0.1) is 0 Å². The molecule has 4 nitrogen and oxygen atoms in total. The minimum Gasteiger partial charge on any atom is -0.385 e. The van der Waals surface area contributed by atoms with Gasteiger partial charge in [-0.3, -0.25) is 9.97 Å². The molecule has 98 valence electrons. The molecule has 0 amide bonds. The Morgan fingerprint density at radius 1 is 1.11 bits per heavy atom. The number of pyridine rings is 2. The van der Waals surface area contributed by atoms with Crippen molar-refractivity contribution in [1.82, 2.24) is 9.97 Å². The van der Waals surface area contributed by atoms with Crippen LogP contribution in [0.2, 0.25) is 0 Å². The lowest BCUT2D eigenvalue weighted by Gasteiger charge is -2.30. The number of aliphatic hydroxyl groups excluding tert-OH is 1. The zero-order valence-corrected chi connectivity index (χ0v) is 10.8. The molecular weight excluding hydrogens is 240 g/mol. The summed E-state index contributed by atoms with van der Waals surface area (Å²) in [7, 11) is 0. The number of nitrogens with zero attached hydrogens (tertiary/aromatic N) is 2. The van der Waals surface area contributed by atoms with E-state index in [0.29, 0.717) is 6.61 Å². The first-order valence-corrected chi connectivity index (χ1v) is 6.52. The van der Waals surface area contributed by atoms with E-state index < -0.39 is 6.10 Å². The first-order chi connectivity index (χ1) is 9.33. The molecule has 4 heteroatoms. The monoisotopic (exact) mass is 256 g/mol. The Morgan fingerprint density at radius 3 is 2.42 bits per heavy atom. The van der Waals surface area contributed by atoms with Gasteiger partial charge in [-0.2, -0.15) is 0 Å². The summed E-state index contributed by atoms with van der Waals surface area (Å²) < 4.78 is 5.81. The van der Waals surface area contributed by atoms with Gasteiger partial charge < -0.3 is 9.84 Å². The van der Waals surface area contributed by atoms with Gasteiger partial charge >= 0.3 is 0 Å². The van der Waals surface area contributed by atoms with Crippen LogP contribution in [0.4, 0.5) is 0 Å². The van der Waals surface area contributed by atoms with Gasteiger partial charge in [0.15, 0.2) is 0 Å². The predicted molar refractivity (Wildman–Crippen MR) is 71.4 cm³/mol. The normalized spacial score (nSPS) is 20.7. The van der Waals surface area contributed by atoms with Gasteiger partial charge in [0, 0.05) is 30.1 Å².